The molecule has 1 amide bonds. The van der Waals surface area contributed by atoms with Gasteiger partial charge in [-0.2, -0.15) is 0 Å². The van der Waals surface area contributed by atoms with Crippen LogP contribution in [0.1, 0.15) is 28.8 Å². The molecule has 0 bridgehead atoms. The number of carbonyl (C=O) groups is 1. The van der Waals surface area contributed by atoms with Gasteiger partial charge in [0.05, 0.1) is 0 Å². The van der Waals surface area contributed by atoms with Crippen LogP contribution >= 0.6 is 0 Å². The standard InChI is InChI=1S/C16H20N2O2/c19-12-4-6-14-5-3-7-15(13-14)16(20)17-8-11-18-9-1-2-10-18/h3,5,7,13,19H,1-2,8-12H2,(H,17,20). The molecule has 0 aromatic heterocycles. The van der Waals surface area contributed by atoms with Crippen molar-refractivity contribution in [3.63, 3.8) is 0 Å². The fourth-order valence-electron chi connectivity index (χ4n) is 2.32. The average Bonchev–Trinajstić information content (AvgIpc) is 2.98. The molecule has 1 aliphatic rings. The molecule has 1 saturated heterocycles. The van der Waals surface area contributed by atoms with Crippen LogP contribution in [0.25, 0.3) is 0 Å². The van der Waals surface area contributed by atoms with Crippen LogP contribution in [0.15, 0.2) is 24.3 Å². The number of amides is 1. The van der Waals surface area contributed by atoms with Crippen molar-refractivity contribution in [3.8, 4) is 11.8 Å². The van der Waals surface area contributed by atoms with Crippen LogP contribution in [0.4, 0.5) is 0 Å². The highest BCUT2D eigenvalue weighted by Crippen LogP contribution is 2.06. The molecular weight excluding hydrogens is 252 g/mol. The molecule has 0 unspecified atom stereocenters. The van der Waals surface area contributed by atoms with Crippen molar-refractivity contribution in [2.45, 2.75) is 12.8 Å². The van der Waals surface area contributed by atoms with Crippen LogP contribution in [-0.4, -0.2) is 48.7 Å². The number of nitrogens with zero attached hydrogens (tertiary/aromatic N) is 1. The first-order valence-electron chi connectivity index (χ1n) is 7.00. The summed E-state index contributed by atoms with van der Waals surface area (Å²) < 4.78 is 0. The highest BCUT2D eigenvalue weighted by atomic mass is 16.2. The van der Waals surface area contributed by atoms with Crippen molar-refractivity contribution in [1.29, 1.82) is 0 Å². The van der Waals surface area contributed by atoms with Crippen molar-refractivity contribution in [2.75, 3.05) is 32.8 Å². The minimum absolute atomic E-state index is 0.0724. The summed E-state index contributed by atoms with van der Waals surface area (Å²) in [6.07, 6.45) is 2.53. The van der Waals surface area contributed by atoms with Crippen molar-refractivity contribution in [2.24, 2.45) is 0 Å². The third-order valence-corrected chi connectivity index (χ3v) is 3.35. The van der Waals surface area contributed by atoms with E-state index < -0.39 is 0 Å². The number of rotatable bonds is 4. The Morgan fingerprint density at radius 1 is 1.35 bits per heavy atom. The van der Waals surface area contributed by atoms with E-state index in [0.717, 1.165) is 25.2 Å². The van der Waals surface area contributed by atoms with E-state index >= 15 is 0 Å². The summed E-state index contributed by atoms with van der Waals surface area (Å²) in [5, 5.41) is 11.6. The zero-order chi connectivity index (χ0) is 14.2. The highest BCUT2D eigenvalue weighted by Gasteiger charge is 2.11. The number of nitrogens with one attached hydrogen (secondary N) is 1. The van der Waals surface area contributed by atoms with E-state index in [4.69, 9.17) is 5.11 Å². The summed E-state index contributed by atoms with van der Waals surface area (Å²) >= 11 is 0. The maximum Gasteiger partial charge on any atom is 0.251 e. The van der Waals surface area contributed by atoms with Gasteiger partial charge < -0.3 is 15.3 Å². The predicted molar refractivity (Wildman–Crippen MR) is 78.4 cm³/mol. The average molecular weight is 272 g/mol. The van der Waals surface area contributed by atoms with E-state index in [-0.39, 0.29) is 12.5 Å². The van der Waals surface area contributed by atoms with Gasteiger partial charge in [0.15, 0.2) is 0 Å². The quantitative estimate of drug-likeness (QED) is 0.799. The zero-order valence-corrected chi connectivity index (χ0v) is 11.6. The van der Waals surface area contributed by atoms with Gasteiger partial charge in [-0.15, -0.1) is 0 Å². The first kappa shape index (κ1) is 14.6. The van der Waals surface area contributed by atoms with E-state index in [1.165, 1.54) is 12.8 Å². The monoisotopic (exact) mass is 272 g/mol. The number of benzene rings is 1. The Bertz CT molecular complexity index is 511. The fourth-order valence-corrected chi connectivity index (χ4v) is 2.32. The lowest BCUT2D eigenvalue weighted by molar-refractivity contribution is 0.0949. The molecule has 1 aromatic carbocycles. The third-order valence-electron chi connectivity index (χ3n) is 3.35. The number of aliphatic hydroxyl groups is 1. The van der Waals surface area contributed by atoms with Gasteiger partial charge in [-0.1, -0.05) is 17.9 Å². The SMILES string of the molecule is O=C(NCCN1CCCC1)c1cccc(C#CCO)c1. The van der Waals surface area contributed by atoms with Crippen LogP contribution in [-0.2, 0) is 0 Å². The van der Waals surface area contributed by atoms with Gasteiger partial charge >= 0.3 is 0 Å². The number of carbonyl (C=O) groups excluding carboxylic acids is 1. The lowest BCUT2D eigenvalue weighted by atomic mass is 10.1. The van der Waals surface area contributed by atoms with E-state index in [1.54, 1.807) is 18.2 Å². The Labute approximate surface area is 119 Å². The van der Waals surface area contributed by atoms with Crippen LogP contribution in [0.2, 0.25) is 0 Å². The Morgan fingerprint density at radius 2 is 2.15 bits per heavy atom. The van der Waals surface area contributed by atoms with Crippen molar-refractivity contribution < 1.29 is 9.90 Å². The topological polar surface area (TPSA) is 52.6 Å². The van der Waals surface area contributed by atoms with Crippen LogP contribution < -0.4 is 5.32 Å². The molecule has 20 heavy (non-hydrogen) atoms. The van der Waals surface area contributed by atoms with Gasteiger partial charge in [0.1, 0.15) is 6.61 Å². The molecule has 0 aliphatic carbocycles. The molecule has 0 saturated carbocycles. The summed E-state index contributed by atoms with van der Waals surface area (Å²) in [5.74, 6) is 5.31. The smallest absolute Gasteiger partial charge is 0.251 e. The molecule has 2 rings (SSSR count). The van der Waals surface area contributed by atoms with E-state index in [0.29, 0.717) is 12.1 Å². The van der Waals surface area contributed by atoms with E-state index in [2.05, 4.69) is 22.1 Å². The maximum absolute atomic E-state index is 12.0. The predicted octanol–water partition coefficient (Wildman–Crippen LogP) is 0.856. The van der Waals surface area contributed by atoms with Crippen molar-refractivity contribution in [1.82, 2.24) is 10.2 Å². The second kappa shape index (κ2) is 7.68. The van der Waals surface area contributed by atoms with Gasteiger partial charge in [0.2, 0.25) is 0 Å². The van der Waals surface area contributed by atoms with Crippen LogP contribution in [0.3, 0.4) is 0 Å². The highest BCUT2D eigenvalue weighted by molar-refractivity contribution is 5.94. The van der Waals surface area contributed by atoms with Gasteiger partial charge in [0.25, 0.3) is 5.91 Å². The Hall–Kier alpha value is -1.83. The largest absolute Gasteiger partial charge is 0.384 e. The third kappa shape index (κ3) is 4.37. The first-order valence-corrected chi connectivity index (χ1v) is 7.00. The summed E-state index contributed by atoms with van der Waals surface area (Å²) in [6, 6.07) is 7.14. The molecule has 1 aromatic rings. The Morgan fingerprint density at radius 3 is 2.90 bits per heavy atom. The minimum Gasteiger partial charge on any atom is -0.384 e. The van der Waals surface area contributed by atoms with E-state index in [1.807, 2.05) is 6.07 Å². The summed E-state index contributed by atoms with van der Waals surface area (Å²) in [4.78, 5) is 14.4. The van der Waals surface area contributed by atoms with E-state index in [9.17, 15) is 4.79 Å². The molecule has 106 valence electrons. The molecule has 0 radical (unpaired) electrons. The molecule has 2 N–H and O–H groups in total. The second-order valence-electron chi connectivity index (χ2n) is 4.85. The molecule has 1 heterocycles. The number of hydrogen-bond acceptors (Lipinski definition) is 3. The number of aliphatic hydroxyl groups excluding tert-OH is 1. The normalized spacial score (nSPS) is 14.7. The Kier molecular flexibility index (Phi) is 5.60. The van der Waals surface area contributed by atoms with Gasteiger partial charge in [-0.25, -0.2) is 0 Å². The minimum atomic E-state index is -0.174. The van der Waals surface area contributed by atoms with Crippen LogP contribution in [0, 0.1) is 11.8 Å². The molecular formula is C16H20N2O2. The first-order chi connectivity index (χ1) is 9.79. The molecule has 4 nitrogen and oxygen atoms in total. The summed E-state index contributed by atoms with van der Waals surface area (Å²) in [6.45, 7) is 3.69. The lowest BCUT2D eigenvalue weighted by Crippen LogP contribution is -2.33. The second-order valence-corrected chi connectivity index (χ2v) is 4.85. The van der Waals surface area contributed by atoms with Crippen LogP contribution in [0.5, 0.6) is 0 Å². The summed E-state index contributed by atoms with van der Waals surface area (Å²) in [7, 11) is 0. The molecule has 1 fully saturated rings. The molecule has 4 heteroatoms. The zero-order valence-electron chi connectivity index (χ0n) is 11.6. The number of likely N-dealkylation sites (tertiary alicyclic amines) is 1. The lowest BCUT2D eigenvalue weighted by Gasteiger charge is -2.14. The maximum atomic E-state index is 12.0. The van der Waals surface area contributed by atoms with Gasteiger partial charge in [0, 0.05) is 24.2 Å². The Balaban J connectivity index is 1.85. The number of hydrogen-bond donors (Lipinski definition) is 2. The van der Waals surface area contributed by atoms with Crippen molar-refractivity contribution >= 4 is 5.91 Å². The molecule has 0 spiro atoms. The van der Waals surface area contributed by atoms with Crippen molar-refractivity contribution in [3.05, 3.63) is 35.4 Å². The molecule has 1 aliphatic heterocycles. The van der Waals surface area contributed by atoms with Gasteiger partial charge in [-0.3, -0.25) is 4.79 Å². The molecule has 0 atom stereocenters. The summed E-state index contributed by atoms with van der Waals surface area (Å²) in [5.41, 5.74) is 1.35. The van der Waals surface area contributed by atoms with Gasteiger partial charge in [-0.05, 0) is 44.1 Å². The fraction of sp³-hybridized carbons (Fsp3) is 0.438.